The van der Waals surface area contributed by atoms with Gasteiger partial charge in [-0.25, -0.2) is 14.1 Å². The van der Waals surface area contributed by atoms with Crippen LogP contribution >= 0.6 is 0 Å². The molecule has 1 N–H and O–H groups in total. The normalized spacial score (nSPS) is 30.1. The maximum Gasteiger partial charge on any atom is 0.242 e. The maximum absolute atomic E-state index is 13.4. The van der Waals surface area contributed by atoms with Crippen LogP contribution in [0.5, 0.6) is 0 Å². The smallest absolute Gasteiger partial charge is 0.242 e. The molecule has 6 nitrogen and oxygen atoms in total. The fourth-order valence-corrected chi connectivity index (χ4v) is 5.64. The van der Waals surface area contributed by atoms with E-state index in [0.717, 1.165) is 68.1 Å². The lowest BCUT2D eigenvalue weighted by Gasteiger charge is -2.70. The number of benzene rings is 1. The van der Waals surface area contributed by atoms with E-state index >= 15 is 0 Å². The standard InChI is InChI=1S/C22H25FN6/c1-15-10-28(14-24-15)22-11-21(12-22,13-22)26-20-25-19-18(4-2-3-9-29(19)27-20)16-5-7-17(23)8-6-16/h5-8,10,14,18H,2-4,9,11-13H2,1H3,(H,26,27)/t18-,21?,22?/m0/s1. The number of hydrogen-bond acceptors (Lipinski definition) is 4. The summed E-state index contributed by atoms with van der Waals surface area (Å²) in [6, 6.07) is 6.85. The first-order valence-electron chi connectivity index (χ1n) is 10.5. The first kappa shape index (κ1) is 17.2. The van der Waals surface area contributed by atoms with Gasteiger partial charge in [0.05, 0.1) is 17.6 Å². The van der Waals surface area contributed by atoms with E-state index < -0.39 is 0 Å². The van der Waals surface area contributed by atoms with Crippen molar-refractivity contribution in [1.82, 2.24) is 24.3 Å². The molecule has 1 atom stereocenters. The van der Waals surface area contributed by atoms with Gasteiger partial charge in [0.25, 0.3) is 0 Å². The monoisotopic (exact) mass is 392 g/mol. The van der Waals surface area contributed by atoms with Gasteiger partial charge in [0.15, 0.2) is 0 Å². The van der Waals surface area contributed by atoms with Gasteiger partial charge in [-0.1, -0.05) is 18.6 Å². The molecule has 150 valence electrons. The molecule has 3 aliphatic carbocycles. The maximum atomic E-state index is 13.4. The van der Waals surface area contributed by atoms with Crippen molar-refractivity contribution in [2.24, 2.45) is 0 Å². The number of aryl methyl sites for hydroxylation is 2. The fraction of sp³-hybridized carbons (Fsp3) is 0.500. The van der Waals surface area contributed by atoms with Gasteiger partial charge < -0.3 is 9.88 Å². The van der Waals surface area contributed by atoms with E-state index in [1.165, 1.54) is 0 Å². The average Bonchev–Trinajstić information content (AvgIpc) is 3.19. The molecule has 29 heavy (non-hydrogen) atoms. The third kappa shape index (κ3) is 2.63. The number of aromatic nitrogens is 5. The summed E-state index contributed by atoms with van der Waals surface area (Å²) in [5.74, 6) is 1.72. The minimum Gasteiger partial charge on any atom is -0.347 e. The molecule has 3 heterocycles. The number of imidazole rings is 1. The SMILES string of the molecule is Cc1cn(C23CC(Nc4nc5n(n4)CCCC[C@H]5c4ccc(F)cc4)(C2)C3)cn1. The van der Waals surface area contributed by atoms with Crippen LogP contribution in [0.1, 0.15) is 61.5 Å². The molecule has 2 bridgehead atoms. The van der Waals surface area contributed by atoms with Crippen molar-refractivity contribution in [3.05, 3.63) is 59.7 Å². The molecular weight excluding hydrogens is 367 g/mol. The lowest BCUT2D eigenvalue weighted by molar-refractivity contribution is -0.100. The Kier molecular flexibility index (Phi) is 3.50. The van der Waals surface area contributed by atoms with Crippen LogP contribution in [-0.4, -0.2) is 29.9 Å². The predicted octanol–water partition coefficient (Wildman–Crippen LogP) is 3.98. The highest BCUT2D eigenvalue weighted by Gasteiger charge is 2.69. The number of halogens is 1. The van der Waals surface area contributed by atoms with E-state index in [-0.39, 0.29) is 22.8 Å². The van der Waals surface area contributed by atoms with E-state index in [4.69, 9.17) is 10.1 Å². The van der Waals surface area contributed by atoms with E-state index in [2.05, 4.69) is 25.7 Å². The van der Waals surface area contributed by atoms with Gasteiger partial charge in [0.2, 0.25) is 5.95 Å². The van der Waals surface area contributed by atoms with Gasteiger partial charge in [0, 0.05) is 24.2 Å². The molecule has 7 heteroatoms. The molecule has 2 aromatic heterocycles. The van der Waals surface area contributed by atoms with Crippen molar-refractivity contribution in [3.8, 4) is 0 Å². The lowest BCUT2D eigenvalue weighted by atomic mass is 9.44. The van der Waals surface area contributed by atoms with Gasteiger partial charge >= 0.3 is 0 Å². The summed E-state index contributed by atoms with van der Waals surface area (Å²) in [4.78, 5) is 9.29. The minimum atomic E-state index is -0.197. The minimum absolute atomic E-state index is 0.122. The van der Waals surface area contributed by atoms with Crippen molar-refractivity contribution in [1.29, 1.82) is 0 Å². The molecule has 0 unspecified atom stereocenters. The first-order chi connectivity index (χ1) is 14.0. The Morgan fingerprint density at radius 3 is 2.66 bits per heavy atom. The number of hydrogen-bond donors (Lipinski definition) is 1. The Morgan fingerprint density at radius 2 is 1.93 bits per heavy atom. The van der Waals surface area contributed by atoms with Crippen molar-refractivity contribution in [3.63, 3.8) is 0 Å². The Labute approximate surface area is 169 Å². The molecule has 4 aliphatic rings. The Bertz CT molecular complexity index is 1050. The topological polar surface area (TPSA) is 60.6 Å². The first-order valence-corrected chi connectivity index (χ1v) is 10.5. The highest BCUT2D eigenvalue weighted by molar-refractivity contribution is 5.42. The van der Waals surface area contributed by atoms with Gasteiger partial charge in [-0.05, 0) is 56.7 Å². The van der Waals surface area contributed by atoms with Gasteiger partial charge in [0.1, 0.15) is 11.6 Å². The second kappa shape index (κ2) is 5.90. The van der Waals surface area contributed by atoms with Crippen LogP contribution in [0.2, 0.25) is 0 Å². The summed E-state index contributed by atoms with van der Waals surface area (Å²) in [5, 5.41) is 8.44. The summed E-state index contributed by atoms with van der Waals surface area (Å²) in [5.41, 5.74) is 2.55. The Morgan fingerprint density at radius 1 is 1.14 bits per heavy atom. The van der Waals surface area contributed by atoms with Crippen molar-refractivity contribution < 1.29 is 4.39 Å². The van der Waals surface area contributed by atoms with Gasteiger partial charge in [-0.3, -0.25) is 0 Å². The molecule has 0 spiro atoms. The van der Waals surface area contributed by atoms with Crippen LogP contribution in [0, 0.1) is 12.7 Å². The van der Waals surface area contributed by atoms with Crippen LogP contribution in [-0.2, 0) is 12.1 Å². The zero-order valence-electron chi connectivity index (χ0n) is 16.6. The van der Waals surface area contributed by atoms with Crippen LogP contribution < -0.4 is 5.32 Å². The predicted molar refractivity (Wildman–Crippen MR) is 107 cm³/mol. The van der Waals surface area contributed by atoms with Gasteiger partial charge in [-0.2, -0.15) is 4.98 Å². The van der Waals surface area contributed by atoms with E-state index in [0.29, 0.717) is 0 Å². The summed E-state index contributed by atoms with van der Waals surface area (Å²) >= 11 is 0. The van der Waals surface area contributed by atoms with Crippen molar-refractivity contribution in [2.75, 3.05) is 5.32 Å². The lowest BCUT2D eigenvalue weighted by Crippen LogP contribution is -2.75. The molecule has 3 saturated carbocycles. The number of nitrogens with zero attached hydrogens (tertiary/aromatic N) is 5. The third-order valence-electron chi connectivity index (χ3n) is 7.04. The third-order valence-corrected chi connectivity index (χ3v) is 7.04. The number of fused-ring (bicyclic) bond motifs is 1. The summed E-state index contributed by atoms with van der Waals surface area (Å²) in [6.45, 7) is 2.93. The molecule has 3 aromatic rings. The zero-order valence-corrected chi connectivity index (χ0v) is 16.6. The van der Waals surface area contributed by atoms with Crippen molar-refractivity contribution in [2.45, 2.75) is 69.0 Å². The zero-order chi connectivity index (χ0) is 19.6. The van der Waals surface area contributed by atoms with Crippen molar-refractivity contribution >= 4 is 5.95 Å². The number of rotatable bonds is 4. The Hall–Kier alpha value is -2.70. The summed E-state index contributed by atoms with van der Waals surface area (Å²) in [6.07, 6.45) is 10.7. The molecule has 1 aliphatic heterocycles. The molecule has 1 aromatic carbocycles. The highest BCUT2D eigenvalue weighted by atomic mass is 19.1. The number of nitrogens with one attached hydrogen (secondary N) is 1. The molecule has 0 saturated heterocycles. The second-order valence-corrected chi connectivity index (χ2v) is 9.20. The Balaban J connectivity index is 1.22. The molecule has 0 radical (unpaired) electrons. The molecular formula is C22H25FN6. The van der Waals surface area contributed by atoms with Gasteiger partial charge in [-0.15, -0.1) is 5.10 Å². The van der Waals surface area contributed by atoms with E-state index in [1.807, 2.05) is 25.4 Å². The summed E-state index contributed by atoms with van der Waals surface area (Å²) < 4.78 is 17.7. The molecule has 7 rings (SSSR count). The molecule has 0 amide bonds. The highest BCUT2D eigenvalue weighted by Crippen LogP contribution is 2.66. The quantitative estimate of drug-likeness (QED) is 0.730. The largest absolute Gasteiger partial charge is 0.347 e. The second-order valence-electron chi connectivity index (χ2n) is 9.20. The van der Waals surface area contributed by atoms with Crippen LogP contribution in [0.25, 0.3) is 0 Å². The molecule has 3 fully saturated rings. The number of anilines is 1. The van der Waals surface area contributed by atoms with E-state index in [1.54, 1.807) is 12.1 Å². The fourth-order valence-electron chi connectivity index (χ4n) is 5.64. The summed E-state index contributed by atoms with van der Waals surface area (Å²) in [7, 11) is 0. The van der Waals surface area contributed by atoms with E-state index in [9.17, 15) is 4.39 Å². The van der Waals surface area contributed by atoms with Crippen LogP contribution in [0.3, 0.4) is 0 Å². The van der Waals surface area contributed by atoms with Crippen LogP contribution in [0.4, 0.5) is 10.3 Å². The van der Waals surface area contributed by atoms with Crippen LogP contribution in [0.15, 0.2) is 36.8 Å². The average molecular weight is 392 g/mol.